The summed E-state index contributed by atoms with van der Waals surface area (Å²) in [5, 5.41) is 9.37. The Morgan fingerprint density at radius 2 is 2.18 bits per heavy atom. The van der Waals surface area contributed by atoms with Crippen molar-refractivity contribution in [2.45, 2.75) is 0 Å². The topological polar surface area (TPSA) is 55.5 Å². The second kappa shape index (κ2) is 3.17. The van der Waals surface area contributed by atoms with Crippen molar-refractivity contribution in [3.05, 3.63) is 15.7 Å². The molecule has 11 heavy (non-hydrogen) atoms. The zero-order valence-electron chi connectivity index (χ0n) is 5.97. The van der Waals surface area contributed by atoms with Gasteiger partial charge in [0, 0.05) is 0 Å². The molecule has 0 radical (unpaired) electrons. The molecule has 0 saturated heterocycles. The number of halogens is 1. The van der Waals surface area contributed by atoms with Gasteiger partial charge >= 0.3 is 0 Å². The average Bonchev–Trinajstić information content (AvgIpc) is 1.99. The fourth-order valence-electron chi connectivity index (χ4n) is 0.777. The molecule has 0 fully saturated rings. The molecule has 0 amide bonds. The second-order valence-corrected chi connectivity index (χ2v) is 3.18. The Morgan fingerprint density at radius 3 is 2.64 bits per heavy atom. The highest BCUT2D eigenvalue weighted by atomic mass is 127. The minimum atomic E-state index is 0.105. The average molecular weight is 265 g/mol. The first kappa shape index (κ1) is 8.45. The van der Waals surface area contributed by atoms with E-state index in [9.17, 15) is 5.11 Å². The number of nitrogen functional groups attached to an aromatic ring is 1. The van der Waals surface area contributed by atoms with E-state index < -0.39 is 0 Å². The molecule has 60 valence electrons. The molecule has 0 unspecified atom stereocenters. The first-order valence-electron chi connectivity index (χ1n) is 2.97. The molecular weight excluding hydrogens is 257 g/mol. The molecule has 0 heterocycles. The summed E-state index contributed by atoms with van der Waals surface area (Å²) < 4.78 is 5.61. The summed E-state index contributed by atoms with van der Waals surface area (Å²) in [6.45, 7) is 0. The second-order valence-electron chi connectivity index (χ2n) is 2.02. The van der Waals surface area contributed by atoms with Crippen LogP contribution in [0.25, 0.3) is 0 Å². The highest BCUT2D eigenvalue weighted by Gasteiger charge is 2.08. The first-order valence-corrected chi connectivity index (χ1v) is 4.05. The quantitative estimate of drug-likeness (QED) is 0.598. The Morgan fingerprint density at radius 1 is 1.55 bits per heavy atom. The van der Waals surface area contributed by atoms with Crippen LogP contribution in [-0.4, -0.2) is 12.2 Å². The number of hydrogen-bond acceptors (Lipinski definition) is 3. The Hall–Kier alpha value is -0.650. The van der Waals surface area contributed by atoms with Gasteiger partial charge in [-0.2, -0.15) is 0 Å². The number of ether oxygens (including phenoxy) is 1. The molecule has 3 N–H and O–H groups in total. The molecule has 1 rings (SSSR count). The van der Waals surface area contributed by atoms with E-state index in [-0.39, 0.29) is 5.75 Å². The van der Waals surface area contributed by atoms with E-state index in [1.807, 2.05) is 22.6 Å². The number of rotatable bonds is 1. The SMILES string of the molecule is COc1c(N)ccc(I)c1O. The van der Waals surface area contributed by atoms with Crippen molar-refractivity contribution >= 4 is 28.3 Å². The van der Waals surface area contributed by atoms with Crippen LogP contribution < -0.4 is 10.5 Å². The molecule has 0 bridgehead atoms. The van der Waals surface area contributed by atoms with Crippen LogP contribution in [0, 0.1) is 3.57 Å². The van der Waals surface area contributed by atoms with Crippen LogP contribution in [0.2, 0.25) is 0 Å². The molecule has 0 atom stereocenters. The zero-order chi connectivity index (χ0) is 8.43. The fourth-order valence-corrected chi connectivity index (χ4v) is 1.20. The van der Waals surface area contributed by atoms with Gasteiger partial charge in [-0.1, -0.05) is 0 Å². The van der Waals surface area contributed by atoms with E-state index in [0.29, 0.717) is 11.4 Å². The third kappa shape index (κ3) is 1.50. The lowest BCUT2D eigenvalue weighted by molar-refractivity contribution is 0.374. The Kier molecular flexibility index (Phi) is 2.43. The van der Waals surface area contributed by atoms with E-state index in [1.54, 1.807) is 12.1 Å². The number of anilines is 1. The number of phenolic OH excluding ortho intramolecular Hbond substituents is 1. The smallest absolute Gasteiger partial charge is 0.184 e. The molecule has 0 saturated carbocycles. The largest absolute Gasteiger partial charge is 0.503 e. The predicted molar refractivity (Wildman–Crippen MR) is 51.8 cm³/mol. The van der Waals surface area contributed by atoms with Crippen LogP contribution in [0.4, 0.5) is 5.69 Å². The van der Waals surface area contributed by atoms with E-state index in [1.165, 1.54) is 7.11 Å². The van der Waals surface area contributed by atoms with Gasteiger partial charge in [-0.3, -0.25) is 0 Å². The minimum absolute atomic E-state index is 0.105. The van der Waals surface area contributed by atoms with Crippen LogP contribution in [-0.2, 0) is 0 Å². The summed E-state index contributed by atoms with van der Waals surface area (Å²) >= 11 is 2.00. The first-order chi connectivity index (χ1) is 5.16. The highest BCUT2D eigenvalue weighted by molar-refractivity contribution is 14.1. The van der Waals surface area contributed by atoms with E-state index in [4.69, 9.17) is 10.5 Å². The Bertz CT molecular complexity index is 275. The maximum absolute atomic E-state index is 9.37. The molecule has 0 aliphatic heterocycles. The van der Waals surface area contributed by atoms with Crippen molar-refractivity contribution in [2.24, 2.45) is 0 Å². The molecule has 3 nitrogen and oxygen atoms in total. The fraction of sp³-hybridized carbons (Fsp3) is 0.143. The zero-order valence-corrected chi connectivity index (χ0v) is 8.12. The van der Waals surface area contributed by atoms with Gasteiger partial charge in [-0.25, -0.2) is 0 Å². The molecule has 0 aliphatic carbocycles. The monoisotopic (exact) mass is 265 g/mol. The van der Waals surface area contributed by atoms with Gasteiger partial charge in [0.1, 0.15) is 0 Å². The van der Waals surface area contributed by atoms with Crippen LogP contribution in [0.15, 0.2) is 12.1 Å². The number of methoxy groups -OCH3 is 1. The third-order valence-corrected chi connectivity index (χ3v) is 2.19. The summed E-state index contributed by atoms with van der Waals surface area (Å²) in [7, 11) is 1.47. The van der Waals surface area contributed by atoms with Gasteiger partial charge in [0.2, 0.25) is 0 Å². The van der Waals surface area contributed by atoms with Crippen molar-refractivity contribution in [1.29, 1.82) is 0 Å². The lowest BCUT2D eigenvalue weighted by Crippen LogP contribution is -1.93. The van der Waals surface area contributed by atoms with E-state index in [0.717, 1.165) is 3.57 Å². The summed E-state index contributed by atoms with van der Waals surface area (Å²) in [5.74, 6) is 0.449. The van der Waals surface area contributed by atoms with Gasteiger partial charge in [0.25, 0.3) is 0 Å². The summed E-state index contributed by atoms with van der Waals surface area (Å²) in [6, 6.07) is 3.42. The van der Waals surface area contributed by atoms with Crippen LogP contribution >= 0.6 is 22.6 Å². The predicted octanol–water partition coefficient (Wildman–Crippen LogP) is 1.59. The van der Waals surface area contributed by atoms with Crippen molar-refractivity contribution in [3.63, 3.8) is 0 Å². The lowest BCUT2D eigenvalue weighted by atomic mass is 10.3. The molecule has 0 aliphatic rings. The number of nitrogens with two attached hydrogens (primary N) is 1. The summed E-state index contributed by atoms with van der Waals surface area (Å²) in [5.41, 5.74) is 5.96. The lowest BCUT2D eigenvalue weighted by Gasteiger charge is -2.06. The van der Waals surface area contributed by atoms with Crippen molar-refractivity contribution in [3.8, 4) is 11.5 Å². The molecule has 1 aromatic carbocycles. The van der Waals surface area contributed by atoms with Gasteiger partial charge in [-0.15, -0.1) is 0 Å². The number of benzene rings is 1. The van der Waals surface area contributed by atoms with Gasteiger partial charge in [-0.05, 0) is 34.7 Å². The maximum Gasteiger partial charge on any atom is 0.184 e. The number of phenols is 1. The van der Waals surface area contributed by atoms with Gasteiger partial charge in [0.15, 0.2) is 11.5 Å². The molecule has 4 heteroatoms. The van der Waals surface area contributed by atoms with Gasteiger partial charge in [0.05, 0.1) is 16.4 Å². The van der Waals surface area contributed by atoms with E-state index >= 15 is 0 Å². The van der Waals surface area contributed by atoms with Gasteiger partial charge < -0.3 is 15.6 Å². The normalized spacial score (nSPS) is 9.64. The Balaban J connectivity index is 3.29. The summed E-state index contributed by atoms with van der Waals surface area (Å²) in [6.07, 6.45) is 0. The van der Waals surface area contributed by atoms with Crippen LogP contribution in [0.5, 0.6) is 11.5 Å². The Labute approximate surface area is 78.3 Å². The standard InChI is InChI=1S/C7H8INO2/c1-11-7-5(9)3-2-4(8)6(7)10/h2-3,10H,9H2,1H3. The van der Waals surface area contributed by atoms with E-state index in [2.05, 4.69) is 0 Å². The highest BCUT2D eigenvalue weighted by Crippen LogP contribution is 2.35. The molecular formula is C7H8INO2. The van der Waals surface area contributed by atoms with Crippen LogP contribution in [0.1, 0.15) is 0 Å². The summed E-state index contributed by atoms with van der Waals surface area (Å²) in [4.78, 5) is 0. The number of hydrogen-bond donors (Lipinski definition) is 2. The number of aromatic hydroxyl groups is 1. The maximum atomic E-state index is 9.37. The molecule has 0 aromatic heterocycles. The third-order valence-electron chi connectivity index (χ3n) is 1.32. The van der Waals surface area contributed by atoms with Crippen molar-refractivity contribution in [1.82, 2.24) is 0 Å². The molecule has 0 spiro atoms. The minimum Gasteiger partial charge on any atom is -0.503 e. The van der Waals surface area contributed by atoms with Crippen molar-refractivity contribution in [2.75, 3.05) is 12.8 Å². The van der Waals surface area contributed by atoms with Crippen LogP contribution in [0.3, 0.4) is 0 Å². The molecule has 1 aromatic rings. The van der Waals surface area contributed by atoms with Crippen molar-refractivity contribution < 1.29 is 9.84 Å².